The minimum atomic E-state index is -0.269. The number of allylic oxidation sites excluding steroid dienone is 1. The number of nitrogens with one attached hydrogen (secondary N) is 1. The van der Waals surface area contributed by atoms with Crippen LogP contribution in [0.5, 0.6) is 17.2 Å². The third kappa shape index (κ3) is 4.43. The van der Waals surface area contributed by atoms with Crippen LogP contribution >= 0.6 is 12.2 Å². The molecule has 0 radical (unpaired) electrons. The Balaban J connectivity index is 1.80. The van der Waals surface area contributed by atoms with E-state index in [9.17, 15) is 0 Å². The Kier molecular flexibility index (Phi) is 7.02. The van der Waals surface area contributed by atoms with E-state index < -0.39 is 0 Å². The summed E-state index contributed by atoms with van der Waals surface area (Å²) in [6.07, 6.45) is 0.941. The maximum absolute atomic E-state index is 5.80. The van der Waals surface area contributed by atoms with E-state index in [1.54, 1.807) is 21.3 Å². The summed E-state index contributed by atoms with van der Waals surface area (Å²) in [5, 5.41) is 8.38. The largest absolute Gasteiger partial charge is 0.497 e. The highest BCUT2D eigenvalue weighted by Gasteiger charge is 2.34. The van der Waals surface area contributed by atoms with Crippen molar-refractivity contribution in [2.24, 2.45) is 0 Å². The molecule has 0 amide bonds. The van der Waals surface area contributed by atoms with E-state index in [0.29, 0.717) is 28.3 Å². The number of methoxy groups -OCH3 is 3. The highest BCUT2D eigenvalue weighted by Crippen LogP contribution is 2.39. The van der Waals surface area contributed by atoms with Gasteiger partial charge in [-0.25, -0.2) is 0 Å². The van der Waals surface area contributed by atoms with Gasteiger partial charge >= 0.3 is 0 Å². The quantitative estimate of drug-likeness (QED) is 0.456. The van der Waals surface area contributed by atoms with E-state index >= 15 is 0 Å². The van der Waals surface area contributed by atoms with E-state index in [1.807, 2.05) is 49.4 Å². The summed E-state index contributed by atoms with van der Waals surface area (Å²) in [6.45, 7) is 4.93. The smallest absolute Gasteiger partial charge is 0.258 e. The molecule has 1 atom stereocenters. The normalized spacial score (nSPS) is 15.9. The Hall–Kier alpha value is -3.59. The predicted molar refractivity (Wildman–Crippen MR) is 134 cm³/mol. The van der Waals surface area contributed by atoms with Crippen LogP contribution in [0, 0.1) is 0 Å². The number of ether oxygens (including phenoxy) is 3. The van der Waals surface area contributed by atoms with Gasteiger partial charge in [0.25, 0.3) is 5.89 Å². The van der Waals surface area contributed by atoms with Gasteiger partial charge in [0.15, 0.2) is 16.6 Å². The van der Waals surface area contributed by atoms with Crippen LogP contribution in [-0.4, -0.2) is 48.0 Å². The number of hydrogen-bond acceptors (Lipinski definition) is 7. The van der Waals surface area contributed by atoms with Crippen molar-refractivity contribution in [3.8, 4) is 28.6 Å². The lowest BCUT2D eigenvalue weighted by atomic mass is 9.94. The van der Waals surface area contributed by atoms with Crippen LogP contribution in [0.15, 0.2) is 52.7 Å². The average Bonchev–Trinajstić information content (AvgIpc) is 3.35. The molecule has 0 aliphatic carbocycles. The molecule has 8 nitrogen and oxygen atoms in total. The van der Waals surface area contributed by atoms with Gasteiger partial charge in [-0.2, -0.15) is 4.98 Å². The molecular weight excluding hydrogens is 452 g/mol. The van der Waals surface area contributed by atoms with Crippen LogP contribution in [0.4, 0.5) is 0 Å². The summed E-state index contributed by atoms with van der Waals surface area (Å²) in [5.41, 5.74) is 3.59. The zero-order valence-electron chi connectivity index (χ0n) is 19.9. The molecule has 0 bridgehead atoms. The lowest BCUT2D eigenvalue weighted by molar-refractivity contribution is 0.355. The van der Waals surface area contributed by atoms with Crippen LogP contribution < -0.4 is 19.5 Å². The molecule has 1 N–H and O–H groups in total. The Bertz CT molecular complexity index is 1220. The molecule has 1 aliphatic rings. The summed E-state index contributed by atoms with van der Waals surface area (Å²) >= 11 is 5.70. The lowest BCUT2D eigenvalue weighted by Gasteiger charge is -2.37. The second kappa shape index (κ2) is 10.1. The third-order valence-corrected chi connectivity index (χ3v) is 6.11. The van der Waals surface area contributed by atoms with E-state index in [0.717, 1.165) is 41.1 Å². The molecule has 0 saturated carbocycles. The zero-order chi connectivity index (χ0) is 24.2. The molecule has 3 aromatic rings. The molecule has 2 heterocycles. The molecule has 0 spiro atoms. The number of nitrogens with zero attached hydrogens (tertiary/aromatic N) is 3. The van der Waals surface area contributed by atoms with E-state index in [1.165, 1.54) is 0 Å². The minimum Gasteiger partial charge on any atom is -0.497 e. The summed E-state index contributed by atoms with van der Waals surface area (Å²) in [6, 6.07) is 13.1. The number of hydrogen-bond donors (Lipinski definition) is 1. The van der Waals surface area contributed by atoms with E-state index in [4.69, 9.17) is 35.9 Å². The molecule has 178 valence electrons. The van der Waals surface area contributed by atoms with Gasteiger partial charge in [-0.3, -0.25) is 0 Å². The van der Waals surface area contributed by atoms with Crippen molar-refractivity contribution in [3.05, 3.63) is 59.6 Å². The first-order valence-electron chi connectivity index (χ1n) is 11.0. The first kappa shape index (κ1) is 23.6. The van der Waals surface area contributed by atoms with Gasteiger partial charge in [-0.1, -0.05) is 24.2 Å². The molecular formula is C25H28N4O4S. The van der Waals surface area contributed by atoms with Crippen LogP contribution in [0.25, 0.3) is 17.0 Å². The maximum Gasteiger partial charge on any atom is 0.258 e. The van der Waals surface area contributed by atoms with Crippen molar-refractivity contribution in [2.75, 3.05) is 27.9 Å². The van der Waals surface area contributed by atoms with Gasteiger partial charge in [-0.15, -0.1) is 0 Å². The monoisotopic (exact) mass is 480 g/mol. The SMILES string of the molecule is CCCN1C(=S)NC(c2cccc(OC)c2)C(c2nc(-c3ccc(OC)c(OC)c3)no2)=C1C. The average molecular weight is 481 g/mol. The van der Waals surface area contributed by atoms with Crippen LogP contribution in [-0.2, 0) is 0 Å². The molecule has 1 aliphatic heterocycles. The highest BCUT2D eigenvalue weighted by atomic mass is 32.1. The Morgan fingerprint density at radius 1 is 1.06 bits per heavy atom. The molecule has 9 heteroatoms. The van der Waals surface area contributed by atoms with Gasteiger partial charge < -0.3 is 29.0 Å². The van der Waals surface area contributed by atoms with Crippen molar-refractivity contribution in [1.29, 1.82) is 0 Å². The summed E-state index contributed by atoms with van der Waals surface area (Å²) < 4.78 is 22.0. The fourth-order valence-corrected chi connectivity index (χ4v) is 4.39. The van der Waals surface area contributed by atoms with Crippen molar-refractivity contribution < 1.29 is 18.7 Å². The molecule has 34 heavy (non-hydrogen) atoms. The molecule has 2 aromatic carbocycles. The van der Waals surface area contributed by atoms with E-state index in [-0.39, 0.29) is 6.04 Å². The number of aromatic nitrogens is 2. The highest BCUT2D eigenvalue weighted by molar-refractivity contribution is 7.80. The Morgan fingerprint density at radius 3 is 2.56 bits per heavy atom. The fraction of sp³-hybridized carbons (Fsp3) is 0.320. The number of benzene rings is 2. The molecule has 1 unspecified atom stereocenters. The molecule has 4 rings (SSSR count). The predicted octanol–water partition coefficient (Wildman–Crippen LogP) is 4.83. The van der Waals surface area contributed by atoms with Gasteiger partial charge in [0.1, 0.15) is 5.75 Å². The number of thiocarbonyl (C=S) groups is 1. The first-order valence-corrected chi connectivity index (χ1v) is 11.4. The van der Waals surface area contributed by atoms with Gasteiger partial charge in [-0.05, 0) is 61.5 Å². The van der Waals surface area contributed by atoms with E-state index in [2.05, 4.69) is 22.3 Å². The van der Waals surface area contributed by atoms with Crippen molar-refractivity contribution in [3.63, 3.8) is 0 Å². The molecule has 1 aromatic heterocycles. The van der Waals surface area contributed by atoms with Crippen molar-refractivity contribution in [2.45, 2.75) is 26.3 Å². The van der Waals surface area contributed by atoms with Gasteiger partial charge in [0.2, 0.25) is 5.82 Å². The minimum absolute atomic E-state index is 0.269. The topological polar surface area (TPSA) is 81.9 Å². The first-order chi connectivity index (χ1) is 16.5. The lowest BCUT2D eigenvalue weighted by Crippen LogP contribution is -2.46. The van der Waals surface area contributed by atoms with Crippen LogP contribution in [0.2, 0.25) is 0 Å². The fourth-order valence-electron chi connectivity index (χ4n) is 4.05. The summed E-state index contributed by atoms with van der Waals surface area (Å²) in [5.74, 6) is 2.86. The van der Waals surface area contributed by atoms with Gasteiger partial charge in [0, 0.05) is 17.8 Å². The summed E-state index contributed by atoms with van der Waals surface area (Å²) in [4.78, 5) is 6.82. The molecule has 0 fully saturated rings. The standard InChI is InChI=1S/C25H28N4O4S/c1-6-12-29-15(2)21(22(26-25(29)34)16-8-7-9-18(13-16)30-3)24-27-23(28-33-24)17-10-11-19(31-4)20(14-17)32-5/h7-11,13-14,22H,6,12H2,1-5H3,(H,26,34). The second-order valence-corrected chi connectivity index (χ2v) is 8.19. The Morgan fingerprint density at radius 2 is 1.85 bits per heavy atom. The zero-order valence-corrected chi connectivity index (χ0v) is 20.7. The summed E-state index contributed by atoms with van der Waals surface area (Å²) in [7, 11) is 4.84. The van der Waals surface area contributed by atoms with Crippen molar-refractivity contribution >= 4 is 22.9 Å². The van der Waals surface area contributed by atoms with Crippen LogP contribution in [0.1, 0.15) is 37.8 Å². The molecule has 0 saturated heterocycles. The third-order valence-electron chi connectivity index (χ3n) is 5.77. The van der Waals surface area contributed by atoms with Crippen LogP contribution in [0.3, 0.4) is 0 Å². The van der Waals surface area contributed by atoms with Gasteiger partial charge in [0.05, 0.1) is 32.9 Å². The maximum atomic E-state index is 5.80. The number of rotatable bonds is 8. The Labute approximate surface area is 204 Å². The second-order valence-electron chi connectivity index (χ2n) is 7.80. The van der Waals surface area contributed by atoms with Crippen molar-refractivity contribution in [1.82, 2.24) is 20.4 Å².